The first kappa shape index (κ1) is 14.6. The van der Waals surface area contributed by atoms with E-state index in [1.807, 2.05) is 13.0 Å². The van der Waals surface area contributed by atoms with Crippen LogP contribution in [0.1, 0.15) is 32.1 Å². The SMILES string of the molecule is CC1(C(=O)NCc2nc(-c3cccnc3)no2)CCCCO1. The third kappa shape index (κ3) is 3.14. The van der Waals surface area contributed by atoms with Crippen LogP contribution in [0.15, 0.2) is 29.0 Å². The van der Waals surface area contributed by atoms with Gasteiger partial charge in [0.1, 0.15) is 5.60 Å². The van der Waals surface area contributed by atoms with Crippen LogP contribution in [-0.2, 0) is 16.1 Å². The minimum absolute atomic E-state index is 0.145. The lowest BCUT2D eigenvalue weighted by atomic mass is 9.95. The molecule has 0 saturated carbocycles. The highest BCUT2D eigenvalue weighted by Crippen LogP contribution is 2.24. The lowest BCUT2D eigenvalue weighted by Crippen LogP contribution is -2.48. The molecular formula is C15H18N4O3. The second-order valence-electron chi connectivity index (χ2n) is 5.47. The van der Waals surface area contributed by atoms with Crippen molar-refractivity contribution >= 4 is 5.91 Å². The molecule has 1 unspecified atom stereocenters. The van der Waals surface area contributed by atoms with Crippen molar-refractivity contribution in [3.05, 3.63) is 30.4 Å². The van der Waals surface area contributed by atoms with Crippen LogP contribution in [-0.4, -0.2) is 33.2 Å². The van der Waals surface area contributed by atoms with Gasteiger partial charge in [0.25, 0.3) is 5.91 Å². The summed E-state index contributed by atoms with van der Waals surface area (Å²) in [5.41, 5.74) is 0.0103. The Morgan fingerprint density at radius 2 is 2.36 bits per heavy atom. The number of amides is 1. The standard InChI is InChI=1S/C15H18N4O3/c1-15(6-2-3-8-21-15)14(20)17-10-12-18-13(19-22-12)11-5-4-7-16-9-11/h4-5,7,9H,2-3,6,8,10H2,1H3,(H,17,20). The second kappa shape index (κ2) is 6.23. The number of rotatable bonds is 4. The van der Waals surface area contributed by atoms with Gasteiger partial charge in [0.05, 0.1) is 6.54 Å². The maximum atomic E-state index is 12.2. The van der Waals surface area contributed by atoms with E-state index < -0.39 is 5.60 Å². The minimum Gasteiger partial charge on any atom is -0.365 e. The van der Waals surface area contributed by atoms with Gasteiger partial charge in [-0.3, -0.25) is 9.78 Å². The summed E-state index contributed by atoms with van der Waals surface area (Å²) in [6.45, 7) is 2.62. The fraction of sp³-hybridized carbons (Fsp3) is 0.467. The molecule has 7 heteroatoms. The van der Waals surface area contributed by atoms with Gasteiger partial charge in [-0.15, -0.1) is 0 Å². The fourth-order valence-electron chi connectivity index (χ4n) is 2.39. The molecule has 1 saturated heterocycles. The number of aromatic nitrogens is 3. The van der Waals surface area contributed by atoms with Crippen molar-refractivity contribution in [3.63, 3.8) is 0 Å². The van der Waals surface area contributed by atoms with Gasteiger partial charge in [0, 0.05) is 24.6 Å². The number of hydrogen-bond acceptors (Lipinski definition) is 6. The topological polar surface area (TPSA) is 90.1 Å². The van der Waals surface area contributed by atoms with Crippen molar-refractivity contribution in [1.82, 2.24) is 20.4 Å². The van der Waals surface area contributed by atoms with Crippen LogP contribution in [0.3, 0.4) is 0 Å². The zero-order chi connectivity index (χ0) is 15.4. The van der Waals surface area contributed by atoms with E-state index in [-0.39, 0.29) is 12.5 Å². The number of ether oxygens (including phenoxy) is 1. The molecule has 0 aliphatic carbocycles. The summed E-state index contributed by atoms with van der Waals surface area (Å²) in [6.07, 6.45) is 6.06. The van der Waals surface area contributed by atoms with Crippen LogP contribution < -0.4 is 5.32 Å². The third-order valence-electron chi connectivity index (χ3n) is 3.74. The van der Waals surface area contributed by atoms with Crippen LogP contribution in [0.4, 0.5) is 0 Å². The van der Waals surface area contributed by atoms with Crippen molar-refractivity contribution in [2.45, 2.75) is 38.3 Å². The van der Waals surface area contributed by atoms with Crippen LogP contribution >= 0.6 is 0 Å². The van der Waals surface area contributed by atoms with E-state index in [9.17, 15) is 4.79 Å². The molecule has 116 valence electrons. The number of carbonyl (C=O) groups is 1. The highest BCUT2D eigenvalue weighted by atomic mass is 16.5. The highest BCUT2D eigenvalue weighted by molar-refractivity contribution is 5.84. The monoisotopic (exact) mass is 302 g/mol. The first-order valence-corrected chi connectivity index (χ1v) is 7.33. The van der Waals surface area contributed by atoms with Gasteiger partial charge in [-0.25, -0.2) is 0 Å². The van der Waals surface area contributed by atoms with Gasteiger partial charge in [0.15, 0.2) is 0 Å². The summed E-state index contributed by atoms with van der Waals surface area (Å²) < 4.78 is 10.7. The average Bonchev–Trinajstić information content (AvgIpc) is 3.03. The second-order valence-corrected chi connectivity index (χ2v) is 5.47. The molecule has 0 aromatic carbocycles. The zero-order valence-electron chi connectivity index (χ0n) is 12.4. The maximum absolute atomic E-state index is 12.2. The number of nitrogens with one attached hydrogen (secondary N) is 1. The van der Waals surface area contributed by atoms with Gasteiger partial charge in [0.2, 0.25) is 11.7 Å². The molecule has 3 heterocycles. The van der Waals surface area contributed by atoms with E-state index in [0.29, 0.717) is 18.3 Å². The quantitative estimate of drug-likeness (QED) is 0.924. The molecule has 7 nitrogen and oxygen atoms in total. The normalized spacial score (nSPS) is 21.5. The van der Waals surface area contributed by atoms with Gasteiger partial charge >= 0.3 is 0 Å². The molecule has 0 bridgehead atoms. The predicted molar refractivity (Wildman–Crippen MR) is 77.6 cm³/mol. The van der Waals surface area contributed by atoms with E-state index in [2.05, 4.69) is 20.4 Å². The Morgan fingerprint density at radius 1 is 1.45 bits per heavy atom. The molecule has 1 amide bonds. The lowest BCUT2D eigenvalue weighted by Gasteiger charge is -2.32. The van der Waals surface area contributed by atoms with E-state index in [0.717, 1.165) is 24.8 Å². The van der Waals surface area contributed by atoms with Crippen molar-refractivity contribution in [3.8, 4) is 11.4 Å². The lowest BCUT2D eigenvalue weighted by molar-refractivity contribution is -0.150. The van der Waals surface area contributed by atoms with E-state index in [1.54, 1.807) is 18.5 Å². The van der Waals surface area contributed by atoms with Crippen LogP contribution in [0.5, 0.6) is 0 Å². The Kier molecular flexibility index (Phi) is 4.15. The Bertz CT molecular complexity index is 635. The number of hydrogen-bond donors (Lipinski definition) is 1. The van der Waals surface area contributed by atoms with E-state index >= 15 is 0 Å². The molecule has 1 aliphatic heterocycles. The summed E-state index contributed by atoms with van der Waals surface area (Å²) >= 11 is 0. The summed E-state index contributed by atoms with van der Waals surface area (Å²) in [6, 6.07) is 3.64. The van der Waals surface area contributed by atoms with Crippen LogP contribution in [0.2, 0.25) is 0 Å². The van der Waals surface area contributed by atoms with Gasteiger partial charge < -0.3 is 14.6 Å². The summed E-state index contributed by atoms with van der Waals surface area (Å²) in [5.74, 6) is 0.664. The molecule has 3 rings (SSSR count). The maximum Gasteiger partial charge on any atom is 0.252 e. The highest BCUT2D eigenvalue weighted by Gasteiger charge is 2.35. The van der Waals surface area contributed by atoms with Crippen molar-refractivity contribution in [1.29, 1.82) is 0 Å². The molecular weight excluding hydrogens is 284 g/mol. The zero-order valence-corrected chi connectivity index (χ0v) is 12.4. The molecule has 22 heavy (non-hydrogen) atoms. The molecule has 1 atom stereocenters. The number of nitrogens with zero attached hydrogens (tertiary/aromatic N) is 3. The molecule has 0 spiro atoms. The molecule has 1 aliphatic rings. The summed E-state index contributed by atoms with van der Waals surface area (Å²) in [7, 11) is 0. The van der Waals surface area contributed by atoms with Crippen LogP contribution in [0.25, 0.3) is 11.4 Å². The molecule has 0 radical (unpaired) electrons. The van der Waals surface area contributed by atoms with Gasteiger partial charge in [-0.2, -0.15) is 4.98 Å². The molecule has 1 N–H and O–H groups in total. The molecule has 2 aromatic heterocycles. The first-order chi connectivity index (χ1) is 10.7. The molecule has 2 aromatic rings. The first-order valence-electron chi connectivity index (χ1n) is 7.33. The van der Waals surface area contributed by atoms with E-state index in [4.69, 9.17) is 9.26 Å². The van der Waals surface area contributed by atoms with Crippen molar-refractivity contribution < 1.29 is 14.1 Å². The average molecular weight is 302 g/mol. The van der Waals surface area contributed by atoms with Gasteiger partial charge in [-0.1, -0.05) is 5.16 Å². The number of pyridine rings is 1. The Morgan fingerprint density at radius 3 is 3.09 bits per heavy atom. The smallest absolute Gasteiger partial charge is 0.252 e. The minimum atomic E-state index is -0.759. The van der Waals surface area contributed by atoms with Crippen molar-refractivity contribution in [2.24, 2.45) is 0 Å². The van der Waals surface area contributed by atoms with E-state index in [1.165, 1.54) is 0 Å². The number of carbonyl (C=O) groups excluding carboxylic acids is 1. The Balaban J connectivity index is 1.60. The summed E-state index contributed by atoms with van der Waals surface area (Å²) in [4.78, 5) is 20.5. The Labute approximate surface area is 128 Å². The fourth-order valence-corrected chi connectivity index (χ4v) is 2.39. The molecule has 1 fully saturated rings. The summed E-state index contributed by atoms with van der Waals surface area (Å²) in [5, 5.41) is 6.68. The van der Waals surface area contributed by atoms with Gasteiger partial charge in [-0.05, 0) is 38.3 Å². The largest absolute Gasteiger partial charge is 0.365 e. The predicted octanol–water partition coefficient (Wildman–Crippen LogP) is 1.71. The van der Waals surface area contributed by atoms with Crippen LogP contribution in [0, 0.1) is 0 Å². The van der Waals surface area contributed by atoms with Crippen molar-refractivity contribution in [2.75, 3.05) is 6.61 Å². The Hall–Kier alpha value is -2.28. The third-order valence-corrected chi connectivity index (χ3v) is 3.74.